The molecule has 1 aliphatic carbocycles. The Balaban J connectivity index is 1.60. The lowest BCUT2D eigenvalue weighted by Gasteiger charge is -2.41. The molecule has 0 radical (unpaired) electrons. The molecule has 2 fully saturated rings. The first-order chi connectivity index (χ1) is 14.1. The Morgan fingerprint density at radius 3 is 2.69 bits per heavy atom. The molecule has 0 amide bonds. The van der Waals surface area contributed by atoms with Crippen LogP contribution in [-0.4, -0.2) is 46.3 Å². The second-order valence-corrected chi connectivity index (χ2v) is 8.10. The van der Waals surface area contributed by atoms with Crippen molar-refractivity contribution >= 4 is 0 Å². The van der Waals surface area contributed by atoms with Crippen molar-refractivity contribution in [2.24, 2.45) is 11.8 Å². The molecule has 1 saturated heterocycles. The Bertz CT molecular complexity index is 816. The lowest BCUT2D eigenvalue weighted by atomic mass is 9.68. The largest absolute Gasteiger partial charge is 0.478 e. The van der Waals surface area contributed by atoms with E-state index in [4.69, 9.17) is 9.47 Å². The number of nitrogens with zero attached hydrogens (tertiary/aromatic N) is 3. The first-order valence-corrected chi connectivity index (χ1v) is 10.8. The maximum atomic E-state index is 11.9. The van der Waals surface area contributed by atoms with Gasteiger partial charge in [-0.1, -0.05) is 30.3 Å². The molecule has 6 nitrogen and oxygen atoms in total. The fourth-order valence-electron chi connectivity index (χ4n) is 5.01. The average molecular weight is 398 g/mol. The zero-order valence-electron chi connectivity index (χ0n) is 17.4. The summed E-state index contributed by atoms with van der Waals surface area (Å²) in [5.74, 6) is 1.08. The number of hydrogen-bond acceptors (Lipinski definition) is 6. The minimum Gasteiger partial charge on any atom is -0.478 e. The van der Waals surface area contributed by atoms with Gasteiger partial charge in [-0.05, 0) is 44.6 Å². The van der Waals surface area contributed by atoms with E-state index in [9.17, 15) is 5.11 Å². The Hall–Kier alpha value is -2.18. The van der Waals surface area contributed by atoms with Gasteiger partial charge in [0.15, 0.2) is 0 Å². The van der Waals surface area contributed by atoms with Crippen LogP contribution in [0.4, 0.5) is 0 Å². The van der Waals surface area contributed by atoms with Crippen LogP contribution >= 0.6 is 0 Å². The number of aromatic nitrogens is 2. The topological polar surface area (TPSA) is 67.7 Å². The maximum absolute atomic E-state index is 11.9. The van der Waals surface area contributed by atoms with Crippen molar-refractivity contribution in [3.05, 3.63) is 47.7 Å². The maximum Gasteiger partial charge on any atom is 0.319 e. The van der Waals surface area contributed by atoms with E-state index < -0.39 is 5.60 Å². The van der Waals surface area contributed by atoms with Crippen molar-refractivity contribution in [1.82, 2.24) is 14.9 Å². The van der Waals surface area contributed by atoms with Gasteiger partial charge in [-0.3, -0.25) is 4.90 Å². The van der Waals surface area contributed by atoms with Gasteiger partial charge in [0, 0.05) is 31.7 Å². The van der Waals surface area contributed by atoms with Crippen LogP contribution in [-0.2, 0) is 12.1 Å². The van der Waals surface area contributed by atoms with Crippen molar-refractivity contribution in [2.45, 2.75) is 45.3 Å². The SMILES string of the molecule is CCOc1ncc(C2(O)CCCC3CN(Cc4ccccc4)CC32)c(OCC)n1. The molecule has 0 bridgehead atoms. The molecule has 6 heteroatoms. The molecule has 29 heavy (non-hydrogen) atoms. The van der Waals surface area contributed by atoms with E-state index in [0.29, 0.717) is 43.0 Å². The highest BCUT2D eigenvalue weighted by molar-refractivity contribution is 5.33. The normalized spacial score (nSPS) is 26.9. The molecule has 2 aromatic rings. The summed E-state index contributed by atoms with van der Waals surface area (Å²) >= 11 is 0. The molecule has 0 spiro atoms. The van der Waals surface area contributed by atoms with Gasteiger partial charge in [-0.15, -0.1) is 0 Å². The lowest BCUT2D eigenvalue weighted by Crippen LogP contribution is -2.43. The highest BCUT2D eigenvalue weighted by Crippen LogP contribution is 2.50. The third-order valence-electron chi connectivity index (χ3n) is 6.26. The predicted octanol–water partition coefficient (Wildman–Crippen LogP) is 3.39. The average Bonchev–Trinajstić information content (AvgIpc) is 3.14. The summed E-state index contributed by atoms with van der Waals surface area (Å²) in [6.45, 7) is 7.61. The summed E-state index contributed by atoms with van der Waals surface area (Å²) in [6.07, 6.45) is 4.58. The Labute approximate surface area is 172 Å². The molecular formula is C23H31N3O3. The summed E-state index contributed by atoms with van der Waals surface area (Å²) in [4.78, 5) is 11.3. The number of ether oxygens (including phenoxy) is 2. The molecule has 4 rings (SSSR count). The number of hydrogen-bond donors (Lipinski definition) is 1. The van der Waals surface area contributed by atoms with Crippen molar-refractivity contribution in [3.63, 3.8) is 0 Å². The highest BCUT2D eigenvalue weighted by atomic mass is 16.5. The second-order valence-electron chi connectivity index (χ2n) is 8.10. The molecular weight excluding hydrogens is 366 g/mol. The van der Waals surface area contributed by atoms with Gasteiger partial charge in [0.1, 0.15) is 5.60 Å². The van der Waals surface area contributed by atoms with Crippen molar-refractivity contribution in [2.75, 3.05) is 26.3 Å². The number of fused-ring (bicyclic) bond motifs is 1. The summed E-state index contributed by atoms with van der Waals surface area (Å²) in [5, 5.41) is 11.9. The van der Waals surface area contributed by atoms with E-state index in [2.05, 4.69) is 39.1 Å². The minimum atomic E-state index is -0.969. The molecule has 2 aliphatic rings. The van der Waals surface area contributed by atoms with Gasteiger partial charge in [-0.25, -0.2) is 4.98 Å². The van der Waals surface area contributed by atoms with E-state index in [-0.39, 0.29) is 5.92 Å². The first-order valence-electron chi connectivity index (χ1n) is 10.8. The monoisotopic (exact) mass is 397 g/mol. The van der Waals surface area contributed by atoms with Crippen LogP contribution in [0.15, 0.2) is 36.5 Å². The molecule has 1 aromatic heterocycles. The fourth-order valence-corrected chi connectivity index (χ4v) is 5.01. The Morgan fingerprint density at radius 2 is 1.93 bits per heavy atom. The molecule has 3 unspecified atom stereocenters. The summed E-state index contributed by atoms with van der Waals surface area (Å²) < 4.78 is 11.3. The lowest BCUT2D eigenvalue weighted by molar-refractivity contribution is -0.0672. The van der Waals surface area contributed by atoms with Gasteiger partial charge in [0.25, 0.3) is 0 Å². The standard InChI is InChI=1S/C23H31N3O3/c1-3-28-21-19(13-24-22(25-21)29-4-2)23(27)12-8-11-18-15-26(16-20(18)23)14-17-9-6-5-7-10-17/h5-7,9-10,13,18,20,27H,3-4,8,11-12,14-16H2,1-2H3. The third-order valence-corrected chi connectivity index (χ3v) is 6.26. The summed E-state index contributed by atoms with van der Waals surface area (Å²) in [5.41, 5.74) is 1.05. The first kappa shape index (κ1) is 20.1. The van der Waals surface area contributed by atoms with Gasteiger partial charge >= 0.3 is 6.01 Å². The highest BCUT2D eigenvalue weighted by Gasteiger charge is 2.51. The van der Waals surface area contributed by atoms with Crippen LogP contribution in [0, 0.1) is 11.8 Å². The van der Waals surface area contributed by atoms with Gasteiger partial charge in [0.2, 0.25) is 5.88 Å². The number of rotatable bonds is 7. The van der Waals surface area contributed by atoms with Crippen molar-refractivity contribution < 1.29 is 14.6 Å². The number of aliphatic hydroxyl groups is 1. The summed E-state index contributed by atoms with van der Waals surface area (Å²) in [6, 6.07) is 10.9. The molecule has 1 aromatic carbocycles. The molecule has 156 valence electrons. The van der Waals surface area contributed by atoms with E-state index in [1.165, 1.54) is 5.56 Å². The van der Waals surface area contributed by atoms with Crippen LogP contribution in [0.3, 0.4) is 0 Å². The van der Waals surface area contributed by atoms with Gasteiger partial charge in [-0.2, -0.15) is 4.98 Å². The minimum absolute atomic E-state index is 0.153. The molecule has 2 heterocycles. The van der Waals surface area contributed by atoms with Crippen LogP contribution < -0.4 is 9.47 Å². The van der Waals surface area contributed by atoms with Crippen LogP contribution in [0.2, 0.25) is 0 Å². The molecule has 1 saturated carbocycles. The van der Waals surface area contributed by atoms with E-state index in [1.54, 1.807) is 6.20 Å². The van der Waals surface area contributed by atoms with E-state index >= 15 is 0 Å². The molecule has 3 atom stereocenters. The third kappa shape index (κ3) is 4.09. The Kier molecular flexibility index (Phi) is 6.01. The van der Waals surface area contributed by atoms with Gasteiger partial charge in [0.05, 0.1) is 18.8 Å². The number of likely N-dealkylation sites (tertiary alicyclic amines) is 1. The second kappa shape index (κ2) is 8.67. The fraction of sp³-hybridized carbons (Fsp3) is 0.565. The molecule has 1 aliphatic heterocycles. The Morgan fingerprint density at radius 1 is 1.14 bits per heavy atom. The van der Waals surface area contributed by atoms with Crippen molar-refractivity contribution in [1.29, 1.82) is 0 Å². The van der Waals surface area contributed by atoms with E-state index in [0.717, 1.165) is 32.5 Å². The van der Waals surface area contributed by atoms with Gasteiger partial charge < -0.3 is 14.6 Å². The predicted molar refractivity (Wildman–Crippen MR) is 111 cm³/mol. The zero-order valence-corrected chi connectivity index (χ0v) is 17.4. The molecule has 1 N–H and O–H groups in total. The van der Waals surface area contributed by atoms with Crippen LogP contribution in [0.25, 0.3) is 0 Å². The van der Waals surface area contributed by atoms with E-state index in [1.807, 2.05) is 19.9 Å². The zero-order chi connectivity index (χ0) is 20.3. The smallest absolute Gasteiger partial charge is 0.319 e. The quantitative estimate of drug-likeness (QED) is 0.772. The van der Waals surface area contributed by atoms with Crippen LogP contribution in [0.1, 0.15) is 44.2 Å². The summed E-state index contributed by atoms with van der Waals surface area (Å²) in [7, 11) is 0. The van der Waals surface area contributed by atoms with Crippen LogP contribution in [0.5, 0.6) is 11.9 Å². The number of benzene rings is 1. The van der Waals surface area contributed by atoms with Crippen molar-refractivity contribution in [3.8, 4) is 11.9 Å².